The smallest absolute Gasteiger partial charge is 0.130 e. The average molecular weight is 226 g/mol. The van der Waals surface area contributed by atoms with Gasteiger partial charge in [-0.3, -0.25) is 0 Å². The number of aliphatic hydroxyl groups is 1. The highest BCUT2D eigenvalue weighted by Gasteiger charge is 2.38. The Morgan fingerprint density at radius 3 is 1.93 bits per heavy atom. The van der Waals surface area contributed by atoms with Gasteiger partial charge in [-0.2, -0.15) is 0 Å². The van der Waals surface area contributed by atoms with Crippen molar-refractivity contribution in [3.8, 4) is 0 Å². The molecule has 0 saturated carbocycles. The zero-order chi connectivity index (χ0) is 11.7. The Balaban J connectivity index is 2.82. The number of rotatable bonds is 3. The molecule has 2 heteroatoms. The Labute approximate surface area is 97.1 Å². The molecule has 0 fully saturated rings. The van der Waals surface area contributed by atoms with Crippen molar-refractivity contribution in [3.05, 3.63) is 41.3 Å². The molecule has 1 rings (SSSR count). The molecule has 0 amide bonds. The third kappa shape index (κ3) is 3.15. The largest absolute Gasteiger partial charge is 0.388 e. The summed E-state index contributed by atoms with van der Waals surface area (Å²) in [6.45, 7) is 7.67. The molecule has 1 N–H and O–H groups in total. The van der Waals surface area contributed by atoms with Crippen LogP contribution in [0.3, 0.4) is 0 Å². The van der Waals surface area contributed by atoms with E-state index in [0.717, 1.165) is 10.6 Å². The fourth-order valence-corrected chi connectivity index (χ4v) is 1.28. The highest BCUT2D eigenvalue weighted by Crippen LogP contribution is 2.35. The number of halogens is 1. The summed E-state index contributed by atoms with van der Waals surface area (Å²) < 4.78 is 0. The lowest BCUT2D eigenvalue weighted by Crippen LogP contribution is -2.39. The van der Waals surface area contributed by atoms with Crippen LogP contribution in [0.4, 0.5) is 0 Å². The van der Waals surface area contributed by atoms with Crippen molar-refractivity contribution in [1.29, 1.82) is 0 Å². The van der Waals surface area contributed by atoms with Crippen molar-refractivity contribution in [2.75, 3.05) is 0 Å². The predicted molar refractivity (Wildman–Crippen MR) is 64.9 cm³/mol. The van der Waals surface area contributed by atoms with Crippen molar-refractivity contribution in [2.45, 2.75) is 33.3 Å². The average Bonchev–Trinajstić information content (AvgIpc) is 2.06. The summed E-state index contributed by atoms with van der Waals surface area (Å²) in [5.41, 5.74) is 0.0551. The summed E-state index contributed by atoms with van der Waals surface area (Å²) in [7, 11) is 0. The zero-order valence-electron chi connectivity index (χ0n) is 9.71. The van der Waals surface area contributed by atoms with Crippen LogP contribution in [0, 0.1) is 11.8 Å². The van der Waals surface area contributed by atoms with Crippen molar-refractivity contribution >= 4 is 11.6 Å². The van der Waals surface area contributed by atoms with Crippen molar-refractivity contribution in [3.63, 3.8) is 0 Å². The van der Waals surface area contributed by atoms with E-state index in [9.17, 15) is 5.11 Å². The van der Waals surface area contributed by atoms with Crippen LogP contribution < -0.4 is 0 Å². The molecule has 1 aromatic carbocycles. The van der Waals surface area contributed by atoms with Gasteiger partial charge in [-0.25, -0.2) is 0 Å². The van der Waals surface area contributed by atoms with E-state index in [-0.39, 0.29) is 5.41 Å². The van der Waals surface area contributed by atoms with E-state index in [2.05, 4.69) is 6.42 Å². The minimum atomic E-state index is -0.743. The van der Waals surface area contributed by atoms with Crippen LogP contribution >= 0.6 is 11.6 Å². The first-order valence-corrected chi connectivity index (χ1v) is 5.44. The van der Waals surface area contributed by atoms with E-state index in [1.54, 1.807) is 0 Å². The van der Waals surface area contributed by atoms with Gasteiger partial charge in [-0.15, -0.1) is 0 Å². The van der Waals surface area contributed by atoms with Crippen LogP contribution in [0.5, 0.6) is 0 Å². The molecule has 0 bridgehead atoms. The first-order chi connectivity index (χ1) is 6.72. The molecule has 0 heterocycles. The van der Waals surface area contributed by atoms with Crippen molar-refractivity contribution < 1.29 is 5.11 Å². The second-order valence-corrected chi connectivity index (χ2v) is 5.41. The first-order valence-electron chi connectivity index (χ1n) is 5.06. The molecule has 0 atom stereocenters. The van der Waals surface area contributed by atoms with E-state index in [1.165, 1.54) is 0 Å². The van der Waals surface area contributed by atoms with Gasteiger partial charge < -0.3 is 5.11 Å². The molecule has 1 aromatic rings. The van der Waals surface area contributed by atoms with Crippen LogP contribution in [-0.4, -0.2) is 10.7 Å². The van der Waals surface area contributed by atoms with Crippen molar-refractivity contribution in [2.24, 2.45) is 5.41 Å². The Morgan fingerprint density at radius 2 is 1.53 bits per heavy atom. The Morgan fingerprint density at radius 1 is 1.07 bits per heavy atom. The van der Waals surface area contributed by atoms with Gasteiger partial charge in [-0.1, -0.05) is 11.6 Å². The van der Waals surface area contributed by atoms with Gasteiger partial charge >= 0.3 is 0 Å². The first kappa shape index (κ1) is 12.4. The number of hydrogen-bond acceptors (Lipinski definition) is 1. The highest BCUT2D eigenvalue weighted by atomic mass is 35.5. The molecule has 0 unspecified atom stereocenters. The van der Waals surface area contributed by atoms with Crippen molar-refractivity contribution in [1.82, 2.24) is 0 Å². The van der Waals surface area contributed by atoms with Crippen LogP contribution in [0.15, 0.2) is 24.3 Å². The normalized spacial score (nSPS) is 12.7. The van der Waals surface area contributed by atoms with Crippen LogP contribution in [0.25, 0.3) is 0 Å². The minimum absolute atomic E-state index is 0.277. The third-order valence-corrected chi connectivity index (χ3v) is 3.23. The molecular formula is C13H18ClO+. The van der Waals surface area contributed by atoms with Gasteiger partial charge in [0.1, 0.15) is 5.56 Å². The molecule has 0 radical (unpaired) electrons. The van der Waals surface area contributed by atoms with Crippen LogP contribution in [0.1, 0.15) is 33.3 Å². The lowest BCUT2D eigenvalue weighted by atomic mass is 9.73. The molecular weight excluding hydrogens is 208 g/mol. The van der Waals surface area contributed by atoms with E-state index in [4.69, 9.17) is 11.6 Å². The van der Waals surface area contributed by atoms with Crippen LogP contribution in [0.2, 0.25) is 5.02 Å². The second-order valence-electron chi connectivity index (χ2n) is 4.98. The number of benzene rings is 1. The van der Waals surface area contributed by atoms with E-state index >= 15 is 0 Å². The van der Waals surface area contributed by atoms with Gasteiger partial charge in [0.2, 0.25) is 0 Å². The molecule has 0 aliphatic rings. The molecule has 0 aromatic heterocycles. The lowest BCUT2D eigenvalue weighted by Gasteiger charge is -2.33. The van der Waals surface area contributed by atoms with Gasteiger partial charge in [0.25, 0.3) is 0 Å². The van der Waals surface area contributed by atoms with E-state index in [1.807, 2.05) is 52.0 Å². The summed E-state index contributed by atoms with van der Waals surface area (Å²) >= 11 is 5.81. The zero-order valence-corrected chi connectivity index (χ0v) is 10.5. The van der Waals surface area contributed by atoms with E-state index in [0.29, 0.717) is 0 Å². The maximum Gasteiger partial charge on any atom is 0.130 e. The van der Waals surface area contributed by atoms with Gasteiger partial charge in [-0.05, 0) is 27.7 Å². The second kappa shape index (κ2) is 4.07. The number of hydrogen-bond donors (Lipinski definition) is 1. The molecule has 82 valence electrons. The van der Waals surface area contributed by atoms with Gasteiger partial charge in [0.15, 0.2) is 0 Å². The minimum Gasteiger partial charge on any atom is -0.388 e. The molecule has 0 spiro atoms. The molecule has 0 aliphatic carbocycles. The molecule has 15 heavy (non-hydrogen) atoms. The van der Waals surface area contributed by atoms with Gasteiger partial charge in [0, 0.05) is 30.7 Å². The molecule has 0 saturated heterocycles. The molecule has 0 aliphatic heterocycles. The standard InChI is InChI=1S/C13H18ClO/c1-12(2,13(3,4)15)9-10-5-7-11(14)8-6-10/h5-9,15H,1-4H3/q+1. The predicted octanol–water partition coefficient (Wildman–Crippen LogP) is 3.69. The monoisotopic (exact) mass is 225 g/mol. The molecule has 1 nitrogen and oxygen atoms in total. The quantitative estimate of drug-likeness (QED) is 0.778. The summed E-state index contributed by atoms with van der Waals surface area (Å²) in [6, 6.07) is 7.62. The fraction of sp³-hybridized carbons (Fsp3) is 0.462. The third-order valence-electron chi connectivity index (χ3n) is 2.97. The van der Waals surface area contributed by atoms with E-state index < -0.39 is 5.60 Å². The Hall–Kier alpha value is -0.660. The maximum absolute atomic E-state index is 10.0. The summed E-state index contributed by atoms with van der Waals surface area (Å²) in [5, 5.41) is 10.7. The lowest BCUT2D eigenvalue weighted by molar-refractivity contribution is -0.0144. The Kier molecular flexibility index (Phi) is 3.37. The highest BCUT2D eigenvalue weighted by molar-refractivity contribution is 6.30. The summed E-state index contributed by atoms with van der Waals surface area (Å²) in [4.78, 5) is 0. The summed E-state index contributed by atoms with van der Waals surface area (Å²) in [5.74, 6) is 0. The fourth-order valence-electron chi connectivity index (χ4n) is 1.15. The van der Waals surface area contributed by atoms with Crippen LogP contribution in [-0.2, 0) is 0 Å². The Bertz CT molecular complexity index is 319. The summed E-state index contributed by atoms with van der Waals surface area (Å²) in [6.07, 6.45) is 2.06. The SMILES string of the molecule is CC(C)(O)C(C)(C)[CH+]c1ccc(Cl)cc1. The maximum atomic E-state index is 10.0. The van der Waals surface area contributed by atoms with Gasteiger partial charge in [0.05, 0.1) is 16.0 Å². The topological polar surface area (TPSA) is 20.2 Å².